The minimum atomic E-state index is 0.139. The van der Waals surface area contributed by atoms with Gasteiger partial charge in [0.15, 0.2) is 11.0 Å². The normalized spacial score (nSPS) is 18.1. The maximum Gasteiger partial charge on any atom is 0.233 e. The van der Waals surface area contributed by atoms with E-state index >= 15 is 0 Å². The molecule has 0 bridgehead atoms. The van der Waals surface area contributed by atoms with Gasteiger partial charge in [0.05, 0.1) is 25.5 Å². The molecule has 0 radical (unpaired) electrons. The Morgan fingerprint density at radius 3 is 2.51 bits per heavy atom. The van der Waals surface area contributed by atoms with Gasteiger partial charge in [-0.3, -0.25) is 9.36 Å². The van der Waals surface area contributed by atoms with Gasteiger partial charge in [-0.25, -0.2) is 0 Å². The summed E-state index contributed by atoms with van der Waals surface area (Å²) < 4.78 is 13.3. The third kappa shape index (κ3) is 5.62. The van der Waals surface area contributed by atoms with Gasteiger partial charge < -0.3 is 19.3 Å². The Kier molecular flexibility index (Phi) is 7.54. The molecule has 8 nitrogen and oxygen atoms in total. The van der Waals surface area contributed by atoms with Crippen LogP contribution in [0, 0.1) is 0 Å². The van der Waals surface area contributed by atoms with E-state index in [0.717, 1.165) is 67.9 Å². The predicted octanol–water partition coefficient (Wildman–Crippen LogP) is 3.57. The molecular weight excluding hydrogens is 462 g/mol. The molecule has 1 amide bonds. The van der Waals surface area contributed by atoms with E-state index in [4.69, 9.17) is 9.47 Å². The van der Waals surface area contributed by atoms with Gasteiger partial charge in [-0.15, -0.1) is 10.2 Å². The largest absolute Gasteiger partial charge is 0.497 e. The lowest BCUT2D eigenvalue weighted by Crippen LogP contribution is -2.49. The number of anilines is 1. The Labute approximate surface area is 210 Å². The number of nitrogens with zero attached hydrogens (tertiary/aromatic N) is 5. The first kappa shape index (κ1) is 23.7. The molecule has 0 N–H and O–H groups in total. The van der Waals surface area contributed by atoms with Crippen LogP contribution in [0.3, 0.4) is 0 Å². The number of amides is 1. The number of benzene rings is 2. The van der Waals surface area contributed by atoms with Crippen LogP contribution < -0.4 is 9.64 Å². The highest BCUT2D eigenvalue weighted by Gasteiger charge is 2.25. The van der Waals surface area contributed by atoms with Crippen LogP contribution in [0.4, 0.5) is 5.69 Å². The molecule has 0 unspecified atom stereocenters. The van der Waals surface area contributed by atoms with Crippen LogP contribution in [-0.2, 0) is 16.1 Å². The second-order valence-electron chi connectivity index (χ2n) is 8.77. The van der Waals surface area contributed by atoms with Gasteiger partial charge in [0.2, 0.25) is 5.91 Å². The monoisotopic (exact) mass is 493 g/mol. The third-order valence-electron chi connectivity index (χ3n) is 6.55. The predicted molar refractivity (Wildman–Crippen MR) is 137 cm³/mol. The highest BCUT2D eigenvalue weighted by atomic mass is 32.2. The van der Waals surface area contributed by atoms with Crippen molar-refractivity contribution in [3.63, 3.8) is 0 Å². The van der Waals surface area contributed by atoms with Crippen LogP contribution in [0.1, 0.15) is 12.8 Å². The lowest BCUT2D eigenvalue weighted by Gasteiger charge is -2.36. The average molecular weight is 494 g/mol. The number of carbonyl (C=O) groups is 1. The van der Waals surface area contributed by atoms with Crippen molar-refractivity contribution in [3.05, 3.63) is 54.6 Å². The minimum absolute atomic E-state index is 0.139. The van der Waals surface area contributed by atoms with Crippen molar-refractivity contribution in [1.82, 2.24) is 19.7 Å². The maximum absolute atomic E-state index is 13.0. The molecule has 2 aromatic carbocycles. The van der Waals surface area contributed by atoms with Crippen LogP contribution >= 0.6 is 11.8 Å². The van der Waals surface area contributed by atoms with E-state index < -0.39 is 0 Å². The number of ether oxygens (including phenoxy) is 2. The second kappa shape index (κ2) is 11.1. The topological polar surface area (TPSA) is 72.7 Å². The molecule has 5 rings (SSSR count). The summed E-state index contributed by atoms with van der Waals surface area (Å²) in [4.78, 5) is 17.3. The first-order valence-corrected chi connectivity index (χ1v) is 13.1. The van der Waals surface area contributed by atoms with Crippen molar-refractivity contribution in [1.29, 1.82) is 0 Å². The van der Waals surface area contributed by atoms with E-state index in [2.05, 4.69) is 43.9 Å². The van der Waals surface area contributed by atoms with Gasteiger partial charge in [0, 0.05) is 44.0 Å². The Hall–Kier alpha value is -3.04. The summed E-state index contributed by atoms with van der Waals surface area (Å²) in [6, 6.07) is 18.2. The van der Waals surface area contributed by atoms with Crippen LogP contribution in [0.15, 0.2) is 59.8 Å². The van der Waals surface area contributed by atoms with Crippen molar-refractivity contribution < 1.29 is 14.3 Å². The fourth-order valence-electron chi connectivity index (χ4n) is 4.58. The van der Waals surface area contributed by atoms with E-state index in [0.29, 0.717) is 12.3 Å². The molecule has 1 aromatic heterocycles. The summed E-state index contributed by atoms with van der Waals surface area (Å²) in [5, 5.41) is 9.69. The standard InChI is InChI=1S/C26H31N5O3S/c1-33-22-11-9-20(10-12-22)25-27-28-26(31(25)18-23-8-5-17-34-23)35-19-24(32)30-15-13-29(14-16-30)21-6-3-2-4-7-21/h2-4,6-7,9-12,23H,5,8,13-19H2,1H3/t23-/m1/s1. The number of thioether (sulfide) groups is 1. The molecule has 2 aliphatic heterocycles. The lowest BCUT2D eigenvalue weighted by molar-refractivity contribution is -0.128. The molecule has 2 fully saturated rings. The average Bonchev–Trinajstić information content (AvgIpc) is 3.58. The number of piperazine rings is 1. The van der Waals surface area contributed by atoms with Crippen LogP contribution in [0.25, 0.3) is 11.4 Å². The molecule has 2 aliphatic rings. The third-order valence-corrected chi connectivity index (χ3v) is 7.51. The maximum atomic E-state index is 13.0. The van der Waals surface area contributed by atoms with Gasteiger partial charge in [-0.05, 0) is 49.2 Å². The first-order chi connectivity index (χ1) is 17.2. The summed E-state index contributed by atoms with van der Waals surface area (Å²) in [5.74, 6) is 2.07. The van der Waals surface area contributed by atoms with Crippen LogP contribution in [-0.4, -0.2) is 77.3 Å². The molecule has 184 valence electrons. The molecule has 3 heterocycles. The number of hydrogen-bond acceptors (Lipinski definition) is 7. The SMILES string of the molecule is COc1ccc(-c2nnc(SCC(=O)N3CCN(c4ccccc4)CC3)n2C[C@H]2CCCO2)cc1. The quantitative estimate of drug-likeness (QED) is 0.444. The zero-order chi connectivity index (χ0) is 24.0. The number of rotatable bonds is 8. The first-order valence-electron chi connectivity index (χ1n) is 12.1. The molecule has 2 saturated heterocycles. The van der Waals surface area contributed by atoms with Crippen molar-refractivity contribution in [2.45, 2.75) is 30.6 Å². The molecule has 1 atom stereocenters. The summed E-state index contributed by atoms with van der Waals surface area (Å²) in [5.41, 5.74) is 2.17. The van der Waals surface area contributed by atoms with E-state index in [1.165, 1.54) is 17.4 Å². The number of hydrogen-bond donors (Lipinski definition) is 0. The van der Waals surface area contributed by atoms with Gasteiger partial charge in [0.25, 0.3) is 0 Å². The minimum Gasteiger partial charge on any atom is -0.497 e. The van der Waals surface area contributed by atoms with E-state index in [9.17, 15) is 4.79 Å². The fourth-order valence-corrected chi connectivity index (χ4v) is 5.43. The van der Waals surface area contributed by atoms with Crippen molar-refractivity contribution in [3.8, 4) is 17.1 Å². The Balaban J connectivity index is 1.24. The Morgan fingerprint density at radius 1 is 1.06 bits per heavy atom. The summed E-state index contributed by atoms with van der Waals surface area (Å²) in [7, 11) is 1.65. The number of para-hydroxylation sites is 1. The highest BCUT2D eigenvalue weighted by Crippen LogP contribution is 2.28. The molecule has 0 saturated carbocycles. The van der Waals surface area contributed by atoms with Crippen molar-refractivity contribution in [2.24, 2.45) is 0 Å². The molecule has 3 aromatic rings. The smallest absolute Gasteiger partial charge is 0.233 e. The Morgan fingerprint density at radius 2 is 1.83 bits per heavy atom. The molecule has 0 aliphatic carbocycles. The molecule has 9 heteroatoms. The van der Waals surface area contributed by atoms with E-state index in [-0.39, 0.29) is 12.0 Å². The molecule has 35 heavy (non-hydrogen) atoms. The summed E-state index contributed by atoms with van der Waals surface area (Å²) in [6.07, 6.45) is 2.24. The second-order valence-corrected chi connectivity index (χ2v) is 9.71. The molecule has 0 spiro atoms. The van der Waals surface area contributed by atoms with E-state index in [1.54, 1.807) is 7.11 Å². The lowest BCUT2D eigenvalue weighted by atomic mass is 10.2. The molecular formula is C26H31N5O3S. The van der Waals surface area contributed by atoms with E-state index in [1.807, 2.05) is 35.2 Å². The number of carbonyl (C=O) groups excluding carboxylic acids is 1. The van der Waals surface area contributed by atoms with Crippen LogP contribution in [0.2, 0.25) is 0 Å². The Bertz CT molecular complexity index is 1110. The van der Waals surface area contributed by atoms with Crippen molar-refractivity contribution >= 4 is 23.4 Å². The number of methoxy groups -OCH3 is 1. The van der Waals surface area contributed by atoms with Gasteiger partial charge >= 0.3 is 0 Å². The highest BCUT2D eigenvalue weighted by molar-refractivity contribution is 7.99. The van der Waals surface area contributed by atoms with Gasteiger partial charge in [0.1, 0.15) is 5.75 Å². The van der Waals surface area contributed by atoms with Crippen LogP contribution in [0.5, 0.6) is 5.75 Å². The van der Waals surface area contributed by atoms with Gasteiger partial charge in [-0.2, -0.15) is 0 Å². The number of aromatic nitrogens is 3. The zero-order valence-electron chi connectivity index (χ0n) is 20.0. The zero-order valence-corrected chi connectivity index (χ0v) is 20.8. The van der Waals surface area contributed by atoms with Crippen molar-refractivity contribution in [2.75, 3.05) is 50.5 Å². The summed E-state index contributed by atoms with van der Waals surface area (Å²) >= 11 is 1.46. The fraction of sp³-hybridized carbons (Fsp3) is 0.423. The van der Waals surface area contributed by atoms with Gasteiger partial charge in [-0.1, -0.05) is 30.0 Å². The summed E-state index contributed by atoms with van der Waals surface area (Å²) in [6.45, 7) is 4.62.